The highest BCUT2D eigenvalue weighted by Crippen LogP contribution is 2.32. The molecule has 3 unspecified atom stereocenters. The van der Waals surface area contributed by atoms with Crippen LogP contribution in [-0.4, -0.2) is 17.5 Å². The monoisotopic (exact) mass is 238 g/mol. The molecule has 2 rings (SSSR count). The second-order valence-corrected chi connectivity index (χ2v) is 6.35. The molecule has 0 aromatic rings. The van der Waals surface area contributed by atoms with Gasteiger partial charge in [0.2, 0.25) is 5.91 Å². The molecule has 3 atom stereocenters. The van der Waals surface area contributed by atoms with Gasteiger partial charge in [0.25, 0.3) is 0 Å². The molecule has 3 N–H and O–H groups in total. The van der Waals surface area contributed by atoms with Gasteiger partial charge in [-0.1, -0.05) is 26.2 Å². The molecule has 0 saturated heterocycles. The van der Waals surface area contributed by atoms with Crippen molar-refractivity contribution in [1.82, 2.24) is 5.32 Å². The zero-order valence-corrected chi connectivity index (χ0v) is 11.2. The number of nitrogens with two attached hydrogens (primary N) is 1. The maximum absolute atomic E-state index is 12.4. The van der Waals surface area contributed by atoms with E-state index < -0.39 is 0 Å². The van der Waals surface area contributed by atoms with Gasteiger partial charge in [0, 0.05) is 11.6 Å². The Morgan fingerprint density at radius 2 is 1.88 bits per heavy atom. The molecule has 0 aromatic carbocycles. The molecule has 98 valence electrons. The highest BCUT2D eigenvalue weighted by atomic mass is 16.2. The van der Waals surface area contributed by atoms with Crippen molar-refractivity contribution in [3.8, 4) is 0 Å². The lowest BCUT2D eigenvalue weighted by atomic mass is 9.76. The quantitative estimate of drug-likeness (QED) is 0.775. The summed E-state index contributed by atoms with van der Waals surface area (Å²) in [6.45, 7) is 4.34. The topological polar surface area (TPSA) is 55.1 Å². The van der Waals surface area contributed by atoms with Crippen molar-refractivity contribution < 1.29 is 4.79 Å². The Morgan fingerprint density at radius 1 is 1.24 bits per heavy atom. The van der Waals surface area contributed by atoms with Gasteiger partial charge in [-0.25, -0.2) is 0 Å². The molecule has 17 heavy (non-hydrogen) atoms. The fourth-order valence-electron chi connectivity index (χ4n) is 3.57. The van der Waals surface area contributed by atoms with Crippen LogP contribution in [0.25, 0.3) is 0 Å². The molecule has 0 spiro atoms. The molecule has 0 heterocycles. The van der Waals surface area contributed by atoms with Crippen LogP contribution < -0.4 is 11.1 Å². The first-order valence-corrected chi connectivity index (χ1v) is 7.09. The van der Waals surface area contributed by atoms with E-state index in [1.54, 1.807) is 0 Å². The van der Waals surface area contributed by atoms with Gasteiger partial charge in [0.1, 0.15) is 0 Å². The van der Waals surface area contributed by atoms with Crippen LogP contribution in [0, 0.1) is 11.8 Å². The number of rotatable bonds is 2. The summed E-state index contributed by atoms with van der Waals surface area (Å²) in [7, 11) is 0. The lowest BCUT2D eigenvalue weighted by Crippen LogP contribution is -2.53. The van der Waals surface area contributed by atoms with Gasteiger partial charge in [-0.15, -0.1) is 0 Å². The van der Waals surface area contributed by atoms with Crippen LogP contribution in [0.5, 0.6) is 0 Å². The maximum Gasteiger partial charge on any atom is 0.225 e. The fraction of sp³-hybridized carbons (Fsp3) is 0.929. The third-order valence-electron chi connectivity index (χ3n) is 4.71. The van der Waals surface area contributed by atoms with Gasteiger partial charge >= 0.3 is 0 Å². The Labute approximate surface area is 105 Å². The highest BCUT2D eigenvalue weighted by molar-refractivity contribution is 5.80. The summed E-state index contributed by atoms with van der Waals surface area (Å²) >= 11 is 0. The summed E-state index contributed by atoms with van der Waals surface area (Å²) in [6, 6.07) is 0.0590. The fourth-order valence-corrected chi connectivity index (χ4v) is 3.57. The van der Waals surface area contributed by atoms with Crippen LogP contribution in [0.15, 0.2) is 0 Å². The van der Waals surface area contributed by atoms with E-state index >= 15 is 0 Å². The Bertz CT molecular complexity index is 274. The van der Waals surface area contributed by atoms with Gasteiger partial charge in [-0.05, 0) is 38.5 Å². The maximum atomic E-state index is 12.4. The summed E-state index contributed by atoms with van der Waals surface area (Å²) in [4.78, 5) is 12.4. The molecular formula is C14H26N2O. The van der Waals surface area contributed by atoms with E-state index in [9.17, 15) is 4.79 Å². The lowest BCUT2D eigenvalue weighted by molar-refractivity contribution is -0.130. The third-order valence-corrected chi connectivity index (χ3v) is 4.71. The SMILES string of the molecule is CC1CCCC(N)C1C(=O)NC1(C)CCCC1. The summed E-state index contributed by atoms with van der Waals surface area (Å²) in [5.74, 6) is 0.666. The van der Waals surface area contributed by atoms with Gasteiger partial charge < -0.3 is 11.1 Å². The Hall–Kier alpha value is -0.570. The lowest BCUT2D eigenvalue weighted by Gasteiger charge is -2.36. The smallest absolute Gasteiger partial charge is 0.225 e. The van der Waals surface area contributed by atoms with E-state index in [0.717, 1.165) is 25.7 Å². The number of amides is 1. The summed E-state index contributed by atoms with van der Waals surface area (Å²) < 4.78 is 0. The number of carbonyl (C=O) groups is 1. The van der Waals surface area contributed by atoms with Crippen LogP contribution in [0.4, 0.5) is 0 Å². The first-order valence-electron chi connectivity index (χ1n) is 7.09. The minimum atomic E-state index is 0.0289. The van der Waals surface area contributed by atoms with Crippen LogP contribution in [0.3, 0.4) is 0 Å². The van der Waals surface area contributed by atoms with E-state index in [-0.39, 0.29) is 23.4 Å². The molecule has 3 heteroatoms. The molecule has 0 aromatic heterocycles. The van der Waals surface area contributed by atoms with Crippen molar-refractivity contribution in [3.63, 3.8) is 0 Å². The minimum absolute atomic E-state index is 0.0289. The minimum Gasteiger partial charge on any atom is -0.351 e. The first kappa shape index (κ1) is 12.9. The molecule has 3 nitrogen and oxygen atoms in total. The largest absolute Gasteiger partial charge is 0.351 e. The van der Waals surface area contributed by atoms with E-state index in [1.807, 2.05) is 0 Å². The predicted molar refractivity (Wildman–Crippen MR) is 69.5 cm³/mol. The molecule has 0 radical (unpaired) electrons. The molecular weight excluding hydrogens is 212 g/mol. The molecule has 2 aliphatic rings. The van der Waals surface area contributed by atoms with Crippen molar-refractivity contribution in [1.29, 1.82) is 0 Å². The van der Waals surface area contributed by atoms with Gasteiger partial charge in [0.05, 0.1) is 5.92 Å². The van der Waals surface area contributed by atoms with Gasteiger partial charge in [-0.2, -0.15) is 0 Å². The Morgan fingerprint density at radius 3 is 2.47 bits per heavy atom. The zero-order valence-electron chi connectivity index (χ0n) is 11.2. The van der Waals surface area contributed by atoms with Crippen LogP contribution in [0.1, 0.15) is 58.8 Å². The molecule has 2 aliphatic carbocycles. The average Bonchev–Trinajstić information content (AvgIpc) is 2.64. The second-order valence-electron chi connectivity index (χ2n) is 6.35. The van der Waals surface area contributed by atoms with Gasteiger partial charge in [0.15, 0.2) is 0 Å². The number of carbonyl (C=O) groups excluding carboxylic acids is 1. The summed E-state index contributed by atoms with van der Waals surface area (Å²) in [5, 5.41) is 3.27. The van der Waals surface area contributed by atoms with E-state index in [2.05, 4.69) is 19.2 Å². The molecule has 0 bridgehead atoms. The molecule has 2 fully saturated rings. The molecule has 1 amide bonds. The Balaban J connectivity index is 1.98. The van der Waals surface area contributed by atoms with Crippen molar-refractivity contribution >= 4 is 5.91 Å². The third kappa shape index (κ3) is 2.82. The standard InChI is InChI=1S/C14H26N2O/c1-10-6-5-7-11(15)12(10)13(17)16-14(2)8-3-4-9-14/h10-12H,3-9,15H2,1-2H3,(H,16,17). The molecule has 0 aliphatic heterocycles. The highest BCUT2D eigenvalue weighted by Gasteiger charge is 2.38. The number of nitrogens with one attached hydrogen (secondary N) is 1. The number of hydrogen-bond acceptors (Lipinski definition) is 2. The van der Waals surface area contributed by atoms with E-state index in [4.69, 9.17) is 5.73 Å². The molecule has 2 saturated carbocycles. The second kappa shape index (κ2) is 4.97. The summed E-state index contributed by atoms with van der Waals surface area (Å²) in [6.07, 6.45) is 8.03. The number of hydrogen-bond donors (Lipinski definition) is 2. The van der Waals surface area contributed by atoms with Crippen molar-refractivity contribution in [2.75, 3.05) is 0 Å². The summed E-state index contributed by atoms with van der Waals surface area (Å²) in [5.41, 5.74) is 6.16. The Kier molecular flexibility index (Phi) is 3.76. The van der Waals surface area contributed by atoms with Crippen LogP contribution >= 0.6 is 0 Å². The average molecular weight is 238 g/mol. The van der Waals surface area contributed by atoms with E-state index in [0.29, 0.717) is 5.92 Å². The van der Waals surface area contributed by atoms with Crippen LogP contribution in [0.2, 0.25) is 0 Å². The van der Waals surface area contributed by atoms with Crippen LogP contribution in [-0.2, 0) is 4.79 Å². The zero-order chi connectivity index (χ0) is 12.5. The van der Waals surface area contributed by atoms with Gasteiger partial charge in [-0.3, -0.25) is 4.79 Å². The predicted octanol–water partition coefficient (Wildman–Crippen LogP) is 2.20. The normalized spacial score (nSPS) is 36.8. The first-order chi connectivity index (χ1) is 8.02. The van der Waals surface area contributed by atoms with E-state index in [1.165, 1.54) is 19.3 Å². The van der Waals surface area contributed by atoms with Crippen molar-refractivity contribution in [2.45, 2.75) is 70.4 Å². The van der Waals surface area contributed by atoms with Crippen molar-refractivity contribution in [3.05, 3.63) is 0 Å². The van der Waals surface area contributed by atoms with Crippen molar-refractivity contribution in [2.24, 2.45) is 17.6 Å².